The van der Waals surface area contributed by atoms with Gasteiger partial charge in [-0.2, -0.15) is 0 Å². The number of aromatic amines is 1. The number of ether oxygens (including phenoxy) is 2. The van der Waals surface area contributed by atoms with Crippen LogP contribution in [0.15, 0.2) is 39.2 Å². The molecule has 0 saturated heterocycles. The van der Waals surface area contributed by atoms with Crippen LogP contribution < -0.4 is 15.0 Å². The number of H-pyrrole nitrogens is 1. The molecule has 0 amide bonds. The Labute approximate surface area is 117 Å². The van der Waals surface area contributed by atoms with E-state index in [4.69, 9.17) is 21.1 Å². The third kappa shape index (κ3) is 2.54. The van der Waals surface area contributed by atoms with Gasteiger partial charge in [-0.1, -0.05) is 23.4 Å². The van der Waals surface area contributed by atoms with Gasteiger partial charge in [-0.15, -0.1) is 0 Å². The van der Waals surface area contributed by atoms with Crippen molar-refractivity contribution in [3.8, 4) is 11.5 Å². The van der Waals surface area contributed by atoms with Crippen LogP contribution in [0, 0.1) is 0 Å². The molecule has 19 heavy (non-hydrogen) atoms. The molecule has 7 heteroatoms. The predicted octanol–water partition coefficient (Wildman–Crippen LogP) is 2.35. The van der Waals surface area contributed by atoms with E-state index in [0.29, 0.717) is 24.0 Å². The molecule has 0 bridgehead atoms. The standard InChI is InChI=1S/C12H9ClN2O3S/c13-10-11(16)14-6-15-12(10)19-7-1-2-8-9(5-7)18-4-3-17-8/h1-2,5-6H,3-4H2,(H,14,15,16). The first-order valence-electron chi connectivity index (χ1n) is 5.55. The maximum atomic E-state index is 11.4. The lowest BCUT2D eigenvalue weighted by Gasteiger charge is -2.18. The summed E-state index contributed by atoms with van der Waals surface area (Å²) in [5.41, 5.74) is -0.350. The molecule has 98 valence electrons. The lowest BCUT2D eigenvalue weighted by molar-refractivity contribution is 0.171. The summed E-state index contributed by atoms with van der Waals surface area (Å²) in [6.07, 6.45) is 1.33. The molecular weight excluding hydrogens is 288 g/mol. The SMILES string of the molecule is O=c1[nH]cnc(Sc2ccc3c(c2)OCCO3)c1Cl. The first-order valence-corrected chi connectivity index (χ1v) is 6.74. The minimum atomic E-state index is -0.350. The molecule has 1 N–H and O–H groups in total. The van der Waals surface area contributed by atoms with Gasteiger partial charge >= 0.3 is 0 Å². The number of fused-ring (bicyclic) bond motifs is 1. The Morgan fingerprint density at radius 3 is 2.89 bits per heavy atom. The Bertz CT molecular complexity index is 674. The molecule has 1 aliphatic heterocycles. The molecule has 0 fully saturated rings. The molecule has 1 aromatic heterocycles. The fraction of sp³-hybridized carbons (Fsp3) is 0.167. The molecule has 0 radical (unpaired) electrons. The van der Waals surface area contributed by atoms with Crippen molar-refractivity contribution < 1.29 is 9.47 Å². The van der Waals surface area contributed by atoms with E-state index >= 15 is 0 Å². The molecule has 0 unspecified atom stereocenters. The molecule has 0 aliphatic carbocycles. The summed E-state index contributed by atoms with van der Waals surface area (Å²) in [6, 6.07) is 5.55. The molecule has 5 nitrogen and oxygen atoms in total. The number of nitrogens with one attached hydrogen (secondary N) is 1. The lowest BCUT2D eigenvalue weighted by Crippen LogP contribution is -2.15. The Kier molecular flexibility index (Phi) is 3.35. The quantitative estimate of drug-likeness (QED) is 0.862. The van der Waals surface area contributed by atoms with Crippen molar-refractivity contribution in [3.05, 3.63) is 39.9 Å². The zero-order chi connectivity index (χ0) is 13.2. The number of hydrogen-bond donors (Lipinski definition) is 1. The maximum absolute atomic E-state index is 11.4. The first kappa shape index (κ1) is 12.4. The number of hydrogen-bond acceptors (Lipinski definition) is 5. The van der Waals surface area contributed by atoms with Crippen LogP contribution in [0.4, 0.5) is 0 Å². The summed E-state index contributed by atoms with van der Waals surface area (Å²) < 4.78 is 10.9. The van der Waals surface area contributed by atoms with Gasteiger partial charge in [-0.25, -0.2) is 4.98 Å². The van der Waals surface area contributed by atoms with Crippen LogP contribution >= 0.6 is 23.4 Å². The number of halogens is 1. The average molecular weight is 297 g/mol. The van der Waals surface area contributed by atoms with Crippen LogP contribution in [-0.4, -0.2) is 23.2 Å². The lowest BCUT2D eigenvalue weighted by atomic mass is 10.3. The fourth-order valence-corrected chi connectivity index (χ4v) is 2.67. The third-order valence-electron chi connectivity index (χ3n) is 2.49. The topological polar surface area (TPSA) is 64.2 Å². The van der Waals surface area contributed by atoms with E-state index in [9.17, 15) is 4.79 Å². The minimum absolute atomic E-state index is 0.0855. The Hall–Kier alpha value is -1.66. The van der Waals surface area contributed by atoms with Gasteiger partial charge in [0.15, 0.2) is 11.5 Å². The molecule has 0 spiro atoms. The van der Waals surface area contributed by atoms with E-state index in [0.717, 1.165) is 10.6 Å². The summed E-state index contributed by atoms with van der Waals surface area (Å²) in [4.78, 5) is 18.7. The van der Waals surface area contributed by atoms with Crippen molar-refractivity contribution in [2.75, 3.05) is 13.2 Å². The monoisotopic (exact) mass is 296 g/mol. The van der Waals surface area contributed by atoms with Gasteiger partial charge in [0.05, 0.1) is 6.33 Å². The van der Waals surface area contributed by atoms with Gasteiger partial charge in [-0.3, -0.25) is 4.79 Å². The molecule has 2 aromatic rings. The second-order valence-corrected chi connectivity index (χ2v) is 5.20. The molecular formula is C12H9ClN2O3S. The molecule has 0 atom stereocenters. The highest BCUT2D eigenvalue weighted by molar-refractivity contribution is 7.99. The second kappa shape index (κ2) is 5.14. The minimum Gasteiger partial charge on any atom is -0.486 e. The Morgan fingerprint density at radius 2 is 2.05 bits per heavy atom. The molecule has 3 rings (SSSR count). The van der Waals surface area contributed by atoms with Crippen LogP contribution in [-0.2, 0) is 0 Å². The number of nitrogens with zero attached hydrogens (tertiary/aromatic N) is 1. The summed E-state index contributed by atoms with van der Waals surface area (Å²) >= 11 is 7.21. The fourth-order valence-electron chi connectivity index (χ4n) is 1.64. The summed E-state index contributed by atoms with van der Waals surface area (Å²) in [5.74, 6) is 1.41. The van der Waals surface area contributed by atoms with E-state index in [1.807, 2.05) is 18.2 Å². The highest BCUT2D eigenvalue weighted by Crippen LogP contribution is 2.37. The molecule has 0 saturated carbocycles. The zero-order valence-corrected chi connectivity index (χ0v) is 11.3. The number of rotatable bonds is 2. The predicted molar refractivity (Wildman–Crippen MR) is 71.4 cm³/mol. The van der Waals surface area contributed by atoms with Crippen molar-refractivity contribution in [1.82, 2.24) is 9.97 Å². The van der Waals surface area contributed by atoms with Gasteiger partial charge in [0.2, 0.25) is 0 Å². The summed E-state index contributed by atoms with van der Waals surface area (Å²) in [5, 5.41) is 0.546. The van der Waals surface area contributed by atoms with Crippen molar-refractivity contribution in [1.29, 1.82) is 0 Å². The Morgan fingerprint density at radius 1 is 1.26 bits per heavy atom. The number of benzene rings is 1. The smallest absolute Gasteiger partial charge is 0.270 e. The average Bonchev–Trinajstić information content (AvgIpc) is 2.44. The van der Waals surface area contributed by atoms with Crippen LogP contribution in [0.5, 0.6) is 11.5 Å². The van der Waals surface area contributed by atoms with E-state index in [2.05, 4.69) is 9.97 Å². The molecule has 2 heterocycles. The van der Waals surface area contributed by atoms with E-state index in [-0.39, 0.29) is 10.6 Å². The van der Waals surface area contributed by atoms with Gasteiger partial charge in [0, 0.05) is 4.90 Å². The van der Waals surface area contributed by atoms with Gasteiger partial charge < -0.3 is 14.5 Å². The van der Waals surface area contributed by atoms with Crippen LogP contribution in [0.2, 0.25) is 5.02 Å². The van der Waals surface area contributed by atoms with Crippen LogP contribution in [0.1, 0.15) is 0 Å². The van der Waals surface area contributed by atoms with Crippen LogP contribution in [0.25, 0.3) is 0 Å². The van der Waals surface area contributed by atoms with Gasteiger partial charge in [0.25, 0.3) is 5.56 Å². The van der Waals surface area contributed by atoms with Crippen LogP contribution in [0.3, 0.4) is 0 Å². The third-order valence-corrected chi connectivity index (χ3v) is 3.95. The molecule has 1 aromatic carbocycles. The Balaban J connectivity index is 1.91. The van der Waals surface area contributed by atoms with Crippen molar-refractivity contribution in [3.63, 3.8) is 0 Å². The second-order valence-electron chi connectivity index (χ2n) is 3.76. The van der Waals surface area contributed by atoms with Gasteiger partial charge in [0.1, 0.15) is 23.3 Å². The van der Waals surface area contributed by atoms with E-state index < -0.39 is 0 Å². The van der Waals surface area contributed by atoms with Crippen molar-refractivity contribution in [2.45, 2.75) is 9.92 Å². The van der Waals surface area contributed by atoms with E-state index in [1.54, 1.807) is 0 Å². The highest BCUT2D eigenvalue weighted by Gasteiger charge is 2.14. The maximum Gasteiger partial charge on any atom is 0.270 e. The number of aromatic nitrogens is 2. The first-order chi connectivity index (χ1) is 9.24. The largest absolute Gasteiger partial charge is 0.486 e. The van der Waals surface area contributed by atoms with Gasteiger partial charge in [-0.05, 0) is 18.2 Å². The highest BCUT2D eigenvalue weighted by atomic mass is 35.5. The van der Waals surface area contributed by atoms with Crippen molar-refractivity contribution in [2.24, 2.45) is 0 Å². The summed E-state index contributed by atoms with van der Waals surface area (Å²) in [6.45, 7) is 1.09. The normalized spacial score (nSPS) is 13.3. The summed E-state index contributed by atoms with van der Waals surface area (Å²) in [7, 11) is 0. The molecule has 1 aliphatic rings. The van der Waals surface area contributed by atoms with E-state index in [1.165, 1.54) is 18.1 Å². The van der Waals surface area contributed by atoms with Crippen molar-refractivity contribution >= 4 is 23.4 Å². The zero-order valence-electron chi connectivity index (χ0n) is 9.68.